The van der Waals surface area contributed by atoms with Crippen molar-refractivity contribution in [2.75, 3.05) is 26.7 Å². The largest absolute Gasteiger partial charge is 0.495 e. The highest BCUT2D eigenvalue weighted by atomic mass is 35.5. The summed E-state index contributed by atoms with van der Waals surface area (Å²) in [6.45, 7) is 1.20. The van der Waals surface area contributed by atoms with E-state index in [9.17, 15) is 22.9 Å². The molecule has 1 unspecified atom stereocenters. The van der Waals surface area contributed by atoms with E-state index in [0.717, 1.165) is 25.0 Å². The second-order valence-electron chi connectivity index (χ2n) is 6.84. The lowest BCUT2D eigenvalue weighted by Crippen LogP contribution is -2.37. The Balaban J connectivity index is 1.93. The van der Waals surface area contributed by atoms with Crippen molar-refractivity contribution in [1.82, 2.24) is 9.62 Å². The van der Waals surface area contributed by atoms with Gasteiger partial charge >= 0.3 is 0 Å². The van der Waals surface area contributed by atoms with Gasteiger partial charge in [0.15, 0.2) is 0 Å². The van der Waals surface area contributed by atoms with Crippen molar-refractivity contribution in [3.8, 4) is 5.75 Å². The highest BCUT2D eigenvalue weighted by Crippen LogP contribution is 2.33. The molecule has 1 aliphatic heterocycles. The molecular formula is C19H21ClFN3O5S. The summed E-state index contributed by atoms with van der Waals surface area (Å²) in [7, 11) is -2.92. The Bertz CT molecular complexity index is 1020. The minimum absolute atomic E-state index is 0.0326. The zero-order valence-electron chi connectivity index (χ0n) is 16.2. The molecule has 0 aromatic heterocycles. The Morgan fingerprint density at radius 2 is 2.00 bits per heavy atom. The number of nitrogens with one attached hydrogen (secondary N) is 1. The maximum atomic E-state index is 14.6. The van der Waals surface area contributed by atoms with E-state index < -0.39 is 26.8 Å². The lowest BCUT2D eigenvalue weighted by atomic mass is 10.0. The standard InChI is InChI=1S/C19H21ClFN3O5S/c1-29-17-8-7-13(24(25)26)11-18(17)30(27,28)22-12-16(23-9-2-3-10-23)19-14(20)5-4-6-15(19)21/h4-8,11,16,22H,2-3,9-10,12H2,1H3. The monoisotopic (exact) mass is 457 g/mol. The Kier molecular flexibility index (Phi) is 6.91. The fourth-order valence-corrected chi connectivity index (χ4v) is 5.07. The summed E-state index contributed by atoms with van der Waals surface area (Å²) in [4.78, 5) is 12.0. The molecule has 30 heavy (non-hydrogen) atoms. The summed E-state index contributed by atoms with van der Waals surface area (Å²) in [6.07, 6.45) is 1.82. The van der Waals surface area contributed by atoms with Crippen LogP contribution in [-0.2, 0) is 10.0 Å². The number of hydrogen-bond donors (Lipinski definition) is 1. The van der Waals surface area contributed by atoms with E-state index in [4.69, 9.17) is 16.3 Å². The molecule has 1 aliphatic rings. The van der Waals surface area contributed by atoms with Crippen LogP contribution in [-0.4, -0.2) is 45.0 Å². The van der Waals surface area contributed by atoms with Crippen molar-refractivity contribution in [2.45, 2.75) is 23.8 Å². The van der Waals surface area contributed by atoms with Crippen LogP contribution in [0, 0.1) is 15.9 Å². The topological polar surface area (TPSA) is 102 Å². The van der Waals surface area contributed by atoms with Crippen LogP contribution >= 0.6 is 11.6 Å². The third-order valence-electron chi connectivity index (χ3n) is 5.03. The number of sulfonamides is 1. The summed E-state index contributed by atoms with van der Waals surface area (Å²) in [5.74, 6) is -0.554. The number of rotatable bonds is 8. The SMILES string of the molecule is COc1ccc([N+](=O)[O-])cc1S(=O)(=O)NCC(c1c(F)cccc1Cl)N1CCCC1. The number of halogens is 2. The first-order valence-electron chi connectivity index (χ1n) is 9.24. The van der Waals surface area contributed by atoms with Crippen LogP contribution in [0.1, 0.15) is 24.4 Å². The maximum absolute atomic E-state index is 14.6. The Morgan fingerprint density at radius 1 is 1.30 bits per heavy atom. The number of likely N-dealkylation sites (tertiary alicyclic amines) is 1. The highest BCUT2D eigenvalue weighted by Gasteiger charge is 2.30. The minimum atomic E-state index is -4.19. The molecule has 1 fully saturated rings. The number of non-ortho nitro benzene ring substituents is 1. The van der Waals surface area contributed by atoms with Crippen LogP contribution in [0.3, 0.4) is 0 Å². The van der Waals surface area contributed by atoms with Crippen LogP contribution < -0.4 is 9.46 Å². The normalized spacial score (nSPS) is 15.8. The lowest BCUT2D eigenvalue weighted by molar-refractivity contribution is -0.385. The van der Waals surface area contributed by atoms with Crippen LogP contribution in [0.2, 0.25) is 5.02 Å². The number of nitrogens with zero attached hydrogens (tertiary/aromatic N) is 2. The smallest absolute Gasteiger partial charge is 0.271 e. The molecule has 0 amide bonds. The van der Waals surface area contributed by atoms with Crippen LogP contribution in [0.25, 0.3) is 0 Å². The number of hydrogen-bond acceptors (Lipinski definition) is 6. The van der Waals surface area contributed by atoms with Gasteiger partial charge in [0.05, 0.1) is 18.1 Å². The van der Waals surface area contributed by atoms with Gasteiger partial charge in [-0.15, -0.1) is 0 Å². The summed E-state index contributed by atoms with van der Waals surface area (Å²) in [5.41, 5.74) is -0.167. The van der Waals surface area contributed by atoms with Gasteiger partial charge in [0.2, 0.25) is 10.0 Å². The zero-order chi connectivity index (χ0) is 21.9. The maximum Gasteiger partial charge on any atom is 0.271 e. The predicted molar refractivity (Wildman–Crippen MR) is 110 cm³/mol. The molecule has 162 valence electrons. The van der Waals surface area contributed by atoms with Crippen molar-refractivity contribution >= 4 is 27.3 Å². The van der Waals surface area contributed by atoms with E-state index in [1.54, 1.807) is 6.07 Å². The fraction of sp³-hybridized carbons (Fsp3) is 0.368. The second kappa shape index (κ2) is 9.25. The van der Waals surface area contributed by atoms with E-state index in [1.165, 1.54) is 25.3 Å². The molecule has 2 aromatic carbocycles. The molecule has 0 spiro atoms. The van der Waals surface area contributed by atoms with E-state index >= 15 is 0 Å². The van der Waals surface area contributed by atoms with Crippen molar-refractivity contribution in [1.29, 1.82) is 0 Å². The van der Waals surface area contributed by atoms with Gasteiger partial charge in [-0.1, -0.05) is 17.7 Å². The van der Waals surface area contributed by atoms with Gasteiger partial charge in [0, 0.05) is 29.3 Å². The zero-order valence-corrected chi connectivity index (χ0v) is 17.7. The molecule has 0 aliphatic carbocycles. The molecule has 3 rings (SSSR count). The Hall–Kier alpha value is -2.27. The number of nitro groups is 1. The van der Waals surface area contributed by atoms with Gasteiger partial charge in [-0.2, -0.15) is 0 Å². The molecule has 1 saturated heterocycles. The molecule has 8 nitrogen and oxygen atoms in total. The summed E-state index contributed by atoms with van der Waals surface area (Å²) in [6, 6.07) is 7.01. The van der Waals surface area contributed by atoms with Gasteiger partial charge < -0.3 is 4.74 Å². The summed E-state index contributed by atoms with van der Waals surface area (Å²) >= 11 is 6.23. The molecular weight excluding hydrogens is 437 g/mol. The number of ether oxygens (including phenoxy) is 1. The Morgan fingerprint density at radius 3 is 2.60 bits per heavy atom. The molecule has 1 atom stereocenters. The van der Waals surface area contributed by atoms with Gasteiger partial charge in [-0.3, -0.25) is 15.0 Å². The van der Waals surface area contributed by atoms with Gasteiger partial charge in [-0.25, -0.2) is 17.5 Å². The summed E-state index contributed by atoms with van der Waals surface area (Å²) in [5, 5.41) is 11.3. The molecule has 0 bridgehead atoms. The third-order valence-corrected chi connectivity index (χ3v) is 6.80. The van der Waals surface area contributed by atoms with E-state index in [2.05, 4.69) is 4.72 Å². The van der Waals surface area contributed by atoms with Crippen molar-refractivity contribution in [3.63, 3.8) is 0 Å². The first-order chi connectivity index (χ1) is 14.2. The Labute approximate surface area is 178 Å². The quantitative estimate of drug-likeness (QED) is 0.480. The van der Waals surface area contributed by atoms with Gasteiger partial charge in [-0.05, 0) is 44.1 Å². The molecule has 11 heteroatoms. The van der Waals surface area contributed by atoms with Crippen molar-refractivity contribution < 1.29 is 22.5 Å². The lowest BCUT2D eigenvalue weighted by Gasteiger charge is -2.29. The second-order valence-corrected chi connectivity index (χ2v) is 8.98. The van der Waals surface area contributed by atoms with E-state index in [-0.39, 0.29) is 33.5 Å². The van der Waals surface area contributed by atoms with Gasteiger partial charge in [0.25, 0.3) is 5.69 Å². The molecule has 1 N–H and O–H groups in total. The fourth-order valence-electron chi connectivity index (χ4n) is 3.55. The molecule has 2 aromatic rings. The first-order valence-corrected chi connectivity index (χ1v) is 11.1. The van der Waals surface area contributed by atoms with Crippen LogP contribution in [0.4, 0.5) is 10.1 Å². The molecule has 0 saturated carbocycles. The first kappa shape index (κ1) is 22.4. The van der Waals surface area contributed by atoms with Crippen molar-refractivity contribution in [2.24, 2.45) is 0 Å². The van der Waals surface area contributed by atoms with E-state index in [1.807, 2.05) is 4.90 Å². The third kappa shape index (κ3) is 4.72. The number of methoxy groups -OCH3 is 1. The average Bonchev–Trinajstić information content (AvgIpc) is 3.24. The minimum Gasteiger partial charge on any atom is -0.495 e. The highest BCUT2D eigenvalue weighted by molar-refractivity contribution is 7.89. The molecule has 1 heterocycles. The summed E-state index contributed by atoms with van der Waals surface area (Å²) < 4.78 is 48.0. The molecule has 0 radical (unpaired) electrons. The number of nitro benzene ring substituents is 1. The van der Waals surface area contributed by atoms with Gasteiger partial charge in [0.1, 0.15) is 16.5 Å². The van der Waals surface area contributed by atoms with Crippen molar-refractivity contribution in [3.05, 3.63) is 62.9 Å². The number of benzene rings is 2. The predicted octanol–water partition coefficient (Wildman–Crippen LogP) is 3.51. The van der Waals surface area contributed by atoms with E-state index in [0.29, 0.717) is 13.1 Å². The average molecular weight is 458 g/mol. The van der Waals surface area contributed by atoms with Crippen LogP contribution in [0.15, 0.2) is 41.3 Å². The van der Waals surface area contributed by atoms with Crippen LogP contribution in [0.5, 0.6) is 5.75 Å².